The van der Waals surface area contributed by atoms with Gasteiger partial charge in [-0.1, -0.05) is 73.8 Å². The highest BCUT2D eigenvalue weighted by Crippen LogP contribution is 2.22. The number of Topliss-reactive ketones (excluding diaryl/α,β-unsaturated/α-hetero) is 1. The van der Waals surface area contributed by atoms with Gasteiger partial charge in [-0.25, -0.2) is 4.99 Å². The zero-order chi connectivity index (χ0) is 22.2. The summed E-state index contributed by atoms with van der Waals surface area (Å²) in [7, 11) is 1.81. The van der Waals surface area contributed by atoms with Crippen LogP contribution in [0.2, 0.25) is 0 Å². The summed E-state index contributed by atoms with van der Waals surface area (Å²) in [6.07, 6.45) is 2.48. The third kappa shape index (κ3) is 5.36. The molecule has 0 aromatic heterocycles. The summed E-state index contributed by atoms with van der Waals surface area (Å²) >= 11 is 0. The van der Waals surface area contributed by atoms with Gasteiger partial charge in [0, 0.05) is 24.7 Å². The van der Waals surface area contributed by atoms with E-state index in [0.717, 1.165) is 28.4 Å². The van der Waals surface area contributed by atoms with Gasteiger partial charge in [0.1, 0.15) is 5.84 Å². The van der Waals surface area contributed by atoms with Crippen molar-refractivity contribution in [3.63, 3.8) is 0 Å². The van der Waals surface area contributed by atoms with Gasteiger partial charge in [-0.05, 0) is 5.56 Å². The Morgan fingerprint density at radius 2 is 1.77 bits per heavy atom. The molecule has 2 aromatic carbocycles. The van der Waals surface area contributed by atoms with Crippen LogP contribution in [0, 0.1) is 0 Å². The number of aliphatic imine (C=N–C) groups is 1. The van der Waals surface area contributed by atoms with Crippen molar-refractivity contribution in [1.82, 2.24) is 15.5 Å². The van der Waals surface area contributed by atoms with E-state index < -0.39 is 11.8 Å². The molecular weight excluding hydrogens is 388 g/mol. The highest BCUT2D eigenvalue weighted by Gasteiger charge is 2.25. The van der Waals surface area contributed by atoms with Crippen LogP contribution in [0.25, 0.3) is 0 Å². The number of benzene rings is 2. The molecule has 0 saturated heterocycles. The number of amidine groups is 1. The predicted octanol–water partition coefficient (Wildman–Crippen LogP) is 2.81. The van der Waals surface area contributed by atoms with Crippen LogP contribution >= 0.6 is 0 Å². The average Bonchev–Trinajstić information content (AvgIpc) is 2.80. The Bertz CT molecular complexity index is 1030. The van der Waals surface area contributed by atoms with E-state index in [9.17, 15) is 9.59 Å². The first-order chi connectivity index (χ1) is 15.0. The smallest absolute Gasteiger partial charge is 0.217 e. The molecule has 1 unspecified atom stereocenters. The first kappa shape index (κ1) is 21.8. The van der Waals surface area contributed by atoms with Crippen LogP contribution in [-0.4, -0.2) is 42.4 Å². The molecule has 0 bridgehead atoms. The minimum absolute atomic E-state index is 0.336. The molecule has 2 N–H and O–H groups in total. The molecular formula is C25H26N4O2. The molecule has 1 atom stereocenters. The van der Waals surface area contributed by atoms with Crippen LogP contribution in [0.15, 0.2) is 102 Å². The van der Waals surface area contributed by atoms with E-state index in [1.165, 1.54) is 0 Å². The van der Waals surface area contributed by atoms with Gasteiger partial charge in [0.05, 0.1) is 30.2 Å². The fourth-order valence-corrected chi connectivity index (χ4v) is 3.38. The molecule has 0 fully saturated rings. The lowest BCUT2D eigenvalue weighted by molar-refractivity contribution is -0.131. The summed E-state index contributed by atoms with van der Waals surface area (Å²) in [6.45, 7) is 8.64. The third-order valence-electron chi connectivity index (χ3n) is 4.98. The maximum absolute atomic E-state index is 12.2. The summed E-state index contributed by atoms with van der Waals surface area (Å²) in [4.78, 5) is 30.0. The average molecular weight is 415 g/mol. The number of carbonyl (C=O) groups excluding carboxylic acids is 2. The van der Waals surface area contributed by atoms with Crippen molar-refractivity contribution in [1.29, 1.82) is 0 Å². The van der Waals surface area contributed by atoms with E-state index in [2.05, 4.69) is 28.8 Å². The number of rotatable bonds is 10. The van der Waals surface area contributed by atoms with Gasteiger partial charge in [0.15, 0.2) is 6.29 Å². The molecule has 6 heteroatoms. The number of carbonyl (C=O) groups is 2. The van der Waals surface area contributed by atoms with E-state index >= 15 is 0 Å². The minimum Gasteiger partial charge on any atom is -0.385 e. The van der Waals surface area contributed by atoms with Gasteiger partial charge in [0.25, 0.3) is 0 Å². The molecule has 1 aliphatic heterocycles. The van der Waals surface area contributed by atoms with Crippen molar-refractivity contribution in [2.75, 3.05) is 13.6 Å². The quantitative estimate of drug-likeness (QED) is 0.462. The van der Waals surface area contributed by atoms with Crippen molar-refractivity contribution in [2.45, 2.75) is 12.5 Å². The first-order valence-electron chi connectivity index (χ1n) is 9.98. The number of nitrogens with one attached hydrogen (secondary N) is 2. The van der Waals surface area contributed by atoms with Crippen LogP contribution in [-0.2, 0) is 16.0 Å². The van der Waals surface area contributed by atoms with E-state index in [4.69, 9.17) is 0 Å². The van der Waals surface area contributed by atoms with Gasteiger partial charge in [-0.3, -0.25) is 9.59 Å². The van der Waals surface area contributed by atoms with Crippen LogP contribution in [0.4, 0.5) is 0 Å². The van der Waals surface area contributed by atoms with Crippen molar-refractivity contribution in [3.8, 4) is 0 Å². The Kier molecular flexibility index (Phi) is 7.17. The molecule has 0 radical (unpaired) electrons. The fourth-order valence-electron chi connectivity index (χ4n) is 3.38. The van der Waals surface area contributed by atoms with Crippen LogP contribution in [0.1, 0.15) is 11.1 Å². The molecule has 2 aromatic rings. The third-order valence-corrected chi connectivity index (χ3v) is 4.98. The van der Waals surface area contributed by atoms with Crippen LogP contribution in [0.5, 0.6) is 0 Å². The van der Waals surface area contributed by atoms with Crippen molar-refractivity contribution < 1.29 is 9.59 Å². The van der Waals surface area contributed by atoms with Gasteiger partial charge in [-0.15, -0.1) is 0 Å². The summed E-state index contributed by atoms with van der Waals surface area (Å²) in [6, 6.07) is 18.6. The molecule has 0 saturated carbocycles. The largest absolute Gasteiger partial charge is 0.385 e. The highest BCUT2D eigenvalue weighted by atomic mass is 16.2. The second kappa shape index (κ2) is 10.2. The van der Waals surface area contributed by atoms with E-state index in [1.807, 2.05) is 72.6 Å². The van der Waals surface area contributed by atoms with Crippen LogP contribution < -0.4 is 10.6 Å². The normalized spacial score (nSPS) is 14.2. The summed E-state index contributed by atoms with van der Waals surface area (Å²) in [5.41, 5.74) is 4.00. The summed E-state index contributed by atoms with van der Waals surface area (Å²) < 4.78 is 0. The SMILES string of the molecule is C=C(CN1C(=C)C(NC)=CN=C1c1ccccc1)NC(Cc1ccccc1)C(=O)C=O. The molecule has 31 heavy (non-hydrogen) atoms. The van der Waals surface area contributed by atoms with Gasteiger partial charge >= 0.3 is 0 Å². The number of aldehydes is 1. The Balaban J connectivity index is 1.79. The number of hydrogen-bond donors (Lipinski definition) is 2. The van der Waals surface area contributed by atoms with Gasteiger partial charge in [0.2, 0.25) is 5.78 Å². The standard InChI is InChI=1S/C25H26N4O2/c1-18(28-22(24(31)17-30)14-20-10-6-4-7-11-20)16-29-19(2)23(26-3)15-27-25(29)21-12-8-5-9-13-21/h4-13,15,17,22,26,28H,1-2,14,16H2,3H3. The number of hydrogen-bond acceptors (Lipinski definition) is 6. The van der Waals surface area contributed by atoms with E-state index in [1.54, 1.807) is 6.20 Å². The highest BCUT2D eigenvalue weighted by molar-refractivity contribution is 6.27. The minimum atomic E-state index is -0.693. The van der Waals surface area contributed by atoms with Crippen LogP contribution in [0.3, 0.4) is 0 Å². The maximum Gasteiger partial charge on any atom is 0.217 e. The monoisotopic (exact) mass is 414 g/mol. The Morgan fingerprint density at radius 1 is 1.13 bits per heavy atom. The zero-order valence-electron chi connectivity index (χ0n) is 17.5. The molecule has 1 heterocycles. The predicted molar refractivity (Wildman–Crippen MR) is 123 cm³/mol. The molecule has 6 nitrogen and oxygen atoms in total. The second-order valence-corrected chi connectivity index (χ2v) is 7.15. The van der Waals surface area contributed by atoms with E-state index in [-0.39, 0.29) is 0 Å². The lowest BCUT2D eigenvalue weighted by Crippen LogP contribution is -2.43. The fraction of sp³-hybridized carbons (Fsp3) is 0.160. The molecule has 0 spiro atoms. The number of ketones is 1. The number of nitrogens with zero attached hydrogens (tertiary/aromatic N) is 2. The van der Waals surface area contributed by atoms with Gasteiger partial charge < -0.3 is 15.5 Å². The lowest BCUT2D eigenvalue weighted by atomic mass is 10.0. The molecule has 0 aliphatic carbocycles. The summed E-state index contributed by atoms with van der Waals surface area (Å²) in [5.74, 6) is 0.212. The maximum atomic E-state index is 12.2. The number of likely N-dealkylation sites (N-methyl/N-ethyl adjacent to an activating group) is 1. The van der Waals surface area contributed by atoms with Crippen molar-refractivity contribution in [3.05, 3.63) is 108 Å². The molecule has 0 amide bonds. The zero-order valence-corrected chi connectivity index (χ0v) is 17.5. The van der Waals surface area contributed by atoms with Gasteiger partial charge in [-0.2, -0.15) is 0 Å². The molecule has 1 aliphatic rings. The topological polar surface area (TPSA) is 73.8 Å². The van der Waals surface area contributed by atoms with Crippen molar-refractivity contribution >= 4 is 17.9 Å². The van der Waals surface area contributed by atoms with Crippen molar-refractivity contribution in [2.24, 2.45) is 4.99 Å². The molecule has 158 valence electrons. The Hall–Kier alpha value is -3.93. The summed E-state index contributed by atoms with van der Waals surface area (Å²) in [5, 5.41) is 6.23. The lowest BCUT2D eigenvalue weighted by Gasteiger charge is -2.33. The Morgan fingerprint density at radius 3 is 2.39 bits per heavy atom. The van der Waals surface area contributed by atoms with E-state index in [0.29, 0.717) is 24.9 Å². The molecule has 3 rings (SSSR count). The second-order valence-electron chi connectivity index (χ2n) is 7.15. The Labute approximate surface area is 182 Å². The first-order valence-corrected chi connectivity index (χ1v) is 9.98.